The van der Waals surface area contributed by atoms with E-state index in [1.54, 1.807) is 0 Å². The predicted molar refractivity (Wildman–Crippen MR) is 48.5 cm³/mol. The Balaban J connectivity index is 3.30. The van der Waals surface area contributed by atoms with Crippen LogP contribution in [0.15, 0.2) is 18.2 Å². The van der Waals surface area contributed by atoms with Gasteiger partial charge in [0.05, 0.1) is 11.3 Å². The highest BCUT2D eigenvalue weighted by Crippen LogP contribution is 2.36. The molecule has 0 bridgehead atoms. The summed E-state index contributed by atoms with van der Waals surface area (Å²) >= 11 is 0. The van der Waals surface area contributed by atoms with Crippen LogP contribution in [0.1, 0.15) is 17.2 Å². The smallest absolute Gasteiger partial charge is 0.418 e. The van der Waals surface area contributed by atoms with Gasteiger partial charge < -0.3 is 15.9 Å². The third-order valence-electron chi connectivity index (χ3n) is 1.97. The summed E-state index contributed by atoms with van der Waals surface area (Å²) in [5.41, 5.74) is 2.76. The maximum atomic E-state index is 12.4. The van der Waals surface area contributed by atoms with Gasteiger partial charge in [-0.1, -0.05) is 12.1 Å². The second-order valence-corrected chi connectivity index (χ2v) is 3.05. The molecule has 0 spiro atoms. The van der Waals surface area contributed by atoms with Crippen molar-refractivity contribution in [2.75, 3.05) is 5.73 Å². The predicted octanol–water partition coefficient (Wildman–Crippen LogP) is 1.41. The third kappa shape index (κ3) is 2.25. The highest BCUT2D eigenvalue weighted by atomic mass is 19.4. The monoisotopic (exact) mass is 235 g/mol. The first-order chi connectivity index (χ1) is 7.25. The Hall–Kier alpha value is -1.76. The van der Waals surface area contributed by atoms with E-state index in [1.807, 2.05) is 0 Å². The summed E-state index contributed by atoms with van der Waals surface area (Å²) in [7, 11) is 0. The first-order valence-corrected chi connectivity index (χ1v) is 4.11. The zero-order chi connectivity index (χ0) is 12.5. The molecule has 0 heterocycles. The number of nitrogen functional groups attached to an aromatic ring is 1. The average Bonchev–Trinajstić information content (AvgIpc) is 2.15. The minimum Gasteiger partial charge on any atom is -0.479 e. The average molecular weight is 235 g/mol. The van der Waals surface area contributed by atoms with E-state index in [1.165, 1.54) is 0 Å². The Morgan fingerprint density at radius 2 is 1.94 bits per heavy atom. The Morgan fingerprint density at radius 3 is 2.38 bits per heavy atom. The molecule has 0 amide bonds. The van der Waals surface area contributed by atoms with E-state index >= 15 is 0 Å². The third-order valence-corrected chi connectivity index (χ3v) is 1.97. The minimum atomic E-state index is -4.68. The van der Waals surface area contributed by atoms with Crippen LogP contribution in [0, 0.1) is 0 Å². The number of aliphatic hydroxyl groups is 1. The minimum absolute atomic E-state index is 0.470. The van der Waals surface area contributed by atoms with Gasteiger partial charge in [-0.25, -0.2) is 4.79 Å². The van der Waals surface area contributed by atoms with Crippen molar-refractivity contribution < 1.29 is 28.2 Å². The van der Waals surface area contributed by atoms with Crippen molar-refractivity contribution in [3.05, 3.63) is 29.3 Å². The van der Waals surface area contributed by atoms with Crippen LogP contribution in [0.25, 0.3) is 0 Å². The van der Waals surface area contributed by atoms with Crippen molar-refractivity contribution in [2.45, 2.75) is 12.3 Å². The van der Waals surface area contributed by atoms with Crippen LogP contribution >= 0.6 is 0 Å². The molecule has 0 fully saturated rings. The van der Waals surface area contributed by atoms with E-state index in [9.17, 15) is 18.0 Å². The van der Waals surface area contributed by atoms with Crippen molar-refractivity contribution in [3.8, 4) is 0 Å². The number of para-hydroxylation sites is 1. The Bertz CT molecular complexity index is 417. The highest BCUT2D eigenvalue weighted by molar-refractivity contribution is 5.77. The van der Waals surface area contributed by atoms with Gasteiger partial charge in [0.25, 0.3) is 0 Å². The van der Waals surface area contributed by atoms with Gasteiger partial charge in [-0.2, -0.15) is 13.2 Å². The molecule has 0 aliphatic heterocycles. The number of halogens is 3. The van der Waals surface area contributed by atoms with Gasteiger partial charge in [-0.05, 0) is 6.07 Å². The van der Waals surface area contributed by atoms with Crippen molar-refractivity contribution >= 4 is 11.7 Å². The number of hydrogen-bond acceptors (Lipinski definition) is 3. The molecule has 0 aromatic heterocycles. The van der Waals surface area contributed by atoms with E-state index in [2.05, 4.69) is 0 Å². The van der Waals surface area contributed by atoms with Crippen LogP contribution in [0.4, 0.5) is 18.9 Å². The number of carboxylic acid groups (broad SMARTS) is 1. The van der Waals surface area contributed by atoms with Crippen LogP contribution in [0.2, 0.25) is 0 Å². The van der Waals surface area contributed by atoms with Crippen molar-refractivity contribution in [2.24, 2.45) is 0 Å². The molecule has 1 rings (SSSR count). The van der Waals surface area contributed by atoms with Gasteiger partial charge in [0.2, 0.25) is 0 Å². The molecule has 0 aliphatic carbocycles. The summed E-state index contributed by atoms with van der Waals surface area (Å²) in [4.78, 5) is 10.4. The molecule has 0 aliphatic rings. The second kappa shape index (κ2) is 4.01. The number of anilines is 1. The molecular weight excluding hydrogens is 227 g/mol. The van der Waals surface area contributed by atoms with Gasteiger partial charge in [0, 0.05) is 5.56 Å². The zero-order valence-electron chi connectivity index (χ0n) is 7.82. The molecule has 0 saturated carbocycles. The number of aliphatic hydroxyl groups excluding tert-OH is 1. The molecule has 16 heavy (non-hydrogen) atoms. The Labute approximate surface area is 88.1 Å². The SMILES string of the molecule is Nc1c(C(O)C(=O)O)cccc1C(F)(F)F. The van der Waals surface area contributed by atoms with E-state index < -0.39 is 35.1 Å². The van der Waals surface area contributed by atoms with Gasteiger partial charge in [0.15, 0.2) is 6.10 Å². The number of benzene rings is 1. The lowest BCUT2D eigenvalue weighted by Crippen LogP contribution is -2.16. The van der Waals surface area contributed by atoms with Crippen molar-refractivity contribution in [3.63, 3.8) is 0 Å². The van der Waals surface area contributed by atoms with Crippen LogP contribution < -0.4 is 5.73 Å². The molecular formula is C9H8F3NO3. The van der Waals surface area contributed by atoms with Crippen LogP contribution in [0.5, 0.6) is 0 Å². The summed E-state index contributed by atoms with van der Waals surface area (Å²) in [5, 5.41) is 17.6. The number of alkyl halides is 3. The largest absolute Gasteiger partial charge is 0.479 e. The standard InChI is InChI=1S/C9H8F3NO3/c10-9(11,12)5-3-1-2-4(6(5)13)7(14)8(15)16/h1-3,7,14H,13H2,(H,15,16). The van der Waals surface area contributed by atoms with Crippen molar-refractivity contribution in [1.82, 2.24) is 0 Å². The first kappa shape index (κ1) is 12.3. The van der Waals surface area contributed by atoms with E-state index in [0.717, 1.165) is 12.1 Å². The Morgan fingerprint density at radius 1 is 1.38 bits per heavy atom. The summed E-state index contributed by atoms with van der Waals surface area (Å²) in [6.07, 6.45) is -6.75. The summed E-state index contributed by atoms with van der Waals surface area (Å²) in [6.45, 7) is 0. The normalized spacial score (nSPS) is 13.5. The number of aliphatic carboxylic acids is 1. The first-order valence-electron chi connectivity index (χ1n) is 4.11. The van der Waals surface area contributed by atoms with Crippen LogP contribution in [0.3, 0.4) is 0 Å². The molecule has 1 atom stereocenters. The summed E-state index contributed by atoms with van der Waals surface area (Å²) in [6, 6.07) is 2.73. The topological polar surface area (TPSA) is 83.5 Å². The molecule has 88 valence electrons. The van der Waals surface area contributed by atoms with Gasteiger partial charge >= 0.3 is 12.1 Å². The maximum absolute atomic E-state index is 12.4. The molecule has 4 N–H and O–H groups in total. The molecule has 0 radical (unpaired) electrons. The molecule has 1 aromatic rings. The molecule has 1 unspecified atom stereocenters. The van der Waals surface area contributed by atoms with Gasteiger partial charge in [-0.15, -0.1) is 0 Å². The summed E-state index contributed by atoms with van der Waals surface area (Å²) in [5.74, 6) is -1.66. The maximum Gasteiger partial charge on any atom is 0.418 e. The number of hydrogen-bond donors (Lipinski definition) is 3. The molecule has 7 heteroatoms. The summed E-state index contributed by atoms with van der Waals surface area (Å²) < 4.78 is 37.2. The highest BCUT2D eigenvalue weighted by Gasteiger charge is 2.34. The number of carbonyl (C=O) groups is 1. The van der Waals surface area contributed by atoms with E-state index in [0.29, 0.717) is 6.07 Å². The fourth-order valence-electron chi connectivity index (χ4n) is 1.20. The van der Waals surface area contributed by atoms with Crippen molar-refractivity contribution in [1.29, 1.82) is 0 Å². The lowest BCUT2D eigenvalue weighted by molar-refractivity contribution is -0.147. The zero-order valence-corrected chi connectivity index (χ0v) is 7.82. The van der Waals surface area contributed by atoms with E-state index in [-0.39, 0.29) is 0 Å². The molecule has 1 aromatic carbocycles. The van der Waals surface area contributed by atoms with Crippen LogP contribution in [-0.2, 0) is 11.0 Å². The van der Waals surface area contributed by atoms with Crippen LogP contribution in [-0.4, -0.2) is 16.2 Å². The fraction of sp³-hybridized carbons (Fsp3) is 0.222. The molecule has 4 nitrogen and oxygen atoms in total. The molecule has 0 saturated heterocycles. The number of nitrogens with two attached hydrogens (primary N) is 1. The quantitative estimate of drug-likeness (QED) is 0.676. The lowest BCUT2D eigenvalue weighted by atomic mass is 10.0. The number of carboxylic acids is 1. The van der Waals surface area contributed by atoms with Gasteiger partial charge in [0.1, 0.15) is 0 Å². The second-order valence-electron chi connectivity index (χ2n) is 3.05. The lowest BCUT2D eigenvalue weighted by Gasteiger charge is -2.14. The van der Waals surface area contributed by atoms with Gasteiger partial charge in [-0.3, -0.25) is 0 Å². The Kier molecular flexibility index (Phi) is 3.09. The number of rotatable bonds is 2. The van der Waals surface area contributed by atoms with E-state index in [4.69, 9.17) is 15.9 Å². The fourth-order valence-corrected chi connectivity index (χ4v) is 1.20.